The molecule has 4 aromatic carbocycles. The lowest BCUT2D eigenvalue weighted by Crippen LogP contribution is -2.48. The Balaban J connectivity index is 1.49. The third kappa shape index (κ3) is 6.43. The molecule has 0 N–H and O–H groups in total. The number of carbonyl (C=O) groups is 2. The van der Waals surface area contributed by atoms with Crippen molar-refractivity contribution >= 4 is 28.9 Å². The number of nitrogens with zero attached hydrogens (tertiary/aromatic N) is 4. The summed E-state index contributed by atoms with van der Waals surface area (Å²) in [5, 5.41) is 0. The van der Waals surface area contributed by atoms with E-state index in [1.165, 1.54) is 0 Å². The molecule has 5 rings (SSSR count). The molecule has 210 valence electrons. The van der Waals surface area contributed by atoms with Crippen LogP contribution >= 0.6 is 0 Å². The van der Waals surface area contributed by atoms with E-state index >= 15 is 0 Å². The highest BCUT2D eigenvalue weighted by molar-refractivity contribution is 6.01. The second-order valence-electron chi connectivity index (χ2n) is 10.2. The van der Waals surface area contributed by atoms with E-state index in [9.17, 15) is 9.59 Å². The Morgan fingerprint density at radius 3 is 1.90 bits per heavy atom. The standard InChI is InChI=1S/C35H38N4O2/c1-3-36(4-2)35(41)32-21-20-31(37-22-24-38(25-23-37)34(40)29-16-10-6-11-17-29)26-33(32)39(30-18-12-7-13-19-30)27-28-14-8-5-9-15-28/h5-21,26H,3-4,22-25,27H2,1-2H3. The van der Waals surface area contributed by atoms with E-state index in [2.05, 4.69) is 46.2 Å². The fourth-order valence-corrected chi connectivity index (χ4v) is 5.42. The van der Waals surface area contributed by atoms with Gasteiger partial charge in [0, 0.05) is 62.8 Å². The molecule has 0 spiro atoms. The minimum Gasteiger partial charge on any atom is -0.368 e. The van der Waals surface area contributed by atoms with E-state index in [4.69, 9.17) is 0 Å². The molecule has 0 unspecified atom stereocenters. The van der Waals surface area contributed by atoms with Crippen LogP contribution in [0.2, 0.25) is 0 Å². The van der Waals surface area contributed by atoms with Crippen LogP contribution in [0.4, 0.5) is 17.1 Å². The number of hydrogen-bond acceptors (Lipinski definition) is 4. The summed E-state index contributed by atoms with van der Waals surface area (Å²) in [6, 6.07) is 36.3. The van der Waals surface area contributed by atoms with Gasteiger partial charge in [-0.1, -0.05) is 66.7 Å². The first-order valence-corrected chi connectivity index (χ1v) is 14.5. The Labute approximate surface area is 243 Å². The van der Waals surface area contributed by atoms with Crippen LogP contribution < -0.4 is 9.80 Å². The van der Waals surface area contributed by atoms with Crippen molar-refractivity contribution in [2.45, 2.75) is 20.4 Å². The predicted octanol–water partition coefficient (Wildman–Crippen LogP) is 6.47. The molecular formula is C35H38N4O2. The van der Waals surface area contributed by atoms with E-state index in [0.29, 0.717) is 38.3 Å². The molecule has 1 aliphatic heterocycles. The zero-order valence-electron chi connectivity index (χ0n) is 23.9. The van der Waals surface area contributed by atoms with Gasteiger partial charge in [-0.25, -0.2) is 0 Å². The van der Waals surface area contributed by atoms with Crippen LogP contribution in [-0.2, 0) is 6.54 Å². The lowest BCUT2D eigenvalue weighted by molar-refractivity contribution is 0.0744. The van der Waals surface area contributed by atoms with Crippen molar-refractivity contribution in [2.24, 2.45) is 0 Å². The van der Waals surface area contributed by atoms with Crippen LogP contribution in [0.3, 0.4) is 0 Å². The number of rotatable bonds is 9. The summed E-state index contributed by atoms with van der Waals surface area (Å²) in [4.78, 5) is 35.2. The molecular weight excluding hydrogens is 508 g/mol. The summed E-state index contributed by atoms with van der Waals surface area (Å²) in [6.07, 6.45) is 0. The number of anilines is 3. The van der Waals surface area contributed by atoms with Gasteiger partial charge in [0.05, 0.1) is 11.3 Å². The fourth-order valence-electron chi connectivity index (χ4n) is 5.42. The van der Waals surface area contributed by atoms with Gasteiger partial charge in [0.15, 0.2) is 0 Å². The molecule has 0 aromatic heterocycles. The van der Waals surface area contributed by atoms with Crippen molar-refractivity contribution in [3.63, 3.8) is 0 Å². The van der Waals surface area contributed by atoms with Crippen LogP contribution in [0, 0.1) is 0 Å². The van der Waals surface area contributed by atoms with E-state index in [0.717, 1.165) is 41.3 Å². The van der Waals surface area contributed by atoms with Gasteiger partial charge in [0.1, 0.15) is 0 Å². The van der Waals surface area contributed by atoms with E-state index in [-0.39, 0.29) is 11.8 Å². The summed E-state index contributed by atoms with van der Waals surface area (Å²) < 4.78 is 0. The average molecular weight is 547 g/mol. The van der Waals surface area contributed by atoms with Gasteiger partial charge in [-0.3, -0.25) is 9.59 Å². The van der Waals surface area contributed by atoms with Crippen LogP contribution in [0.1, 0.15) is 40.1 Å². The molecule has 6 nitrogen and oxygen atoms in total. The molecule has 2 amide bonds. The van der Waals surface area contributed by atoms with Gasteiger partial charge in [0.25, 0.3) is 11.8 Å². The summed E-state index contributed by atoms with van der Waals surface area (Å²) >= 11 is 0. The zero-order chi connectivity index (χ0) is 28.6. The van der Waals surface area contributed by atoms with Crippen LogP contribution in [0.15, 0.2) is 109 Å². The Morgan fingerprint density at radius 2 is 1.29 bits per heavy atom. The Kier molecular flexibility index (Phi) is 8.99. The molecule has 1 fully saturated rings. The van der Waals surface area contributed by atoms with Gasteiger partial charge < -0.3 is 19.6 Å². The van der Waals surface area contributed by atoms with Crippen molar-refractivity contribution in [2.75, 3.05) is 49.1 Å². The SMILES string of the molecule is CCN(CC)C(=O)c1ccc(N2CCN(C(=O)c3ccccc3)CC2)cc1N(Cc1ccccc1)c1ccccc1. The molecule has 1 aliphatic rings. The second kappa shape index (κ2) is 13.2. The van der Waals surface area contributed by atoms with Gasteiger partial charge in [-0.2, -0.15) is 0 Å². The highest BCUT2D eigenvalue weighted by Gasteiger charge is 2.26. The summed E-state index contributed by atoms with van der Waals surface area (Å²) in [5.74, 6) is 0.105. The van der Waals surface area contributed by atoms with Crippen molar-refractivity contribution in [3.05, 3.63) is 126 Å². The number of para-hydroxylation sites is 1. The lowest BCUT2D eigenvalue weighted by atomic mass is 10.1. The highest BCUT2D eigenvalue weighted by Crippen LogP contribution is 2.35. The smallest absolute Gasteiger partial charge is 0.255 e. The molecule has 4 aromatic rings. The van der Waals surface area contributed by atoms with Crippen molar-refractivity contribution in [3.8, 4) is 0 Å². The minimum atomic E-state index is 0.0313. The Hall–Kier alpha value is -4.58. The second-order valence-corrected chi connectivity index (χ2v) is 10.2. The number of benzene rings is 4. The van der Waals surface area contributed by atoms with Crippen LogP contribution in [-0.4, -0.2) is 60.9 Å². The Morgan fingerprint density at radius 1 is 0.707 bits per heavy atom. The minimum absolute atomic E-state index is 0.0313. The number of hydrogen-bond donors (Lipinski definition) is 0. The van der Waals surface area contributed by atoms with Gasteiger partial charge in [-0.15, -0.1) is 0 Å². The summed E-state index contributed by atoms with van der Waals surface area (Å²) in [6.45, 7) is 8.72. The molecule has 1 heterocycles. The first kappa shape index (κ1) is 28.0. The maximum atomic E-state index is 13.8. The van der Waals surface area contributed by atoms with Gasteiger partial charge >= 0.3 is 0 Å². The maximum absolute atomic E-state index is 13.8. The van der Waals surface area contributed by atoms with E-state index in [1.54, 1.807) is 0 Å². The van der Waals surface area contributed by atoms with Gasteiger partial charge in [-0.05, 0) is 61.9 Å². The maximum Gasteiger partial charge on any atom is 0.255 e. The molecule has 41 heavy (non-hydrogen) atoms. The van der Waals surface area contributed by atoms with Crippen molar-refractivity contribution in [1.82, 2.24) is 9.80 Å². The van der Waals surface area contributed by atoms with Crippen LogP contribution in [0.25, 0.3) is 0 Å². The topological polar surface area (TPSA) is 47.1 Å². The molecule has 0 atom stereocenters. The molecule has 0 radical (unpaired) electrons. The highest BCUT2D eigenvalue weighted by atomic mass is 16.2. The predicted molar refractivity (Wildman–Crippen MR) is 167 cm³/mol. The van der Waals surface area contributed by atoms with Crippen molar-refractivity contribution in [1.29, 1.82) is 0 Å². The first-order chi connectivity index (χ1) is 20.1. The quantitative estimate of drug-likeness (QED) is 0.241. The van der Waals surface area contributed by atoms with Gasteiger partial charge in [0.2, 0.25) is 0 Å². The molecule has 1 saturated heterocycles. The van der Waals surface area contributed by atoms with Crippen molar-refractivity contribution < 1.29 is 9.59 Å². The normalized spacial score (nSPS) is 13.1. The van der Waals surface area contributed by atoms with Crippen LogP contribution in [0.5, 0.6) is 0 Å². The number of amides is 2. The summed E-state index contributed by atoms with van der Waals surface area (Å²) in [7, 11) is 0. The fraction of sp³-hybridized carbons (Fsp3) is 0.257. The van der Waals surface area contributed by atoms with E-state index in [1.807, 2.05) is 96.4 Å². The zero-order valence-corrected chi connectivity index (χ0v) is 23.9. The molecule has 0 bridgehead atoms. The molecule has 0 saturated carbocycles. The number of carbonyl (C=O) groups excluding carboxylic acids is 2. The number of piperazine rings is 1. The molecule has 6 heteroatoms. The summed E-state index contributed by atoms with van der Waals surface area (Å²) in [5.41, 5.74) is 5.54. The van der Waals surface area contributed by atoms with E-state index < -0.39 is 0 Å². The molecule has 0 aliphatic carbocycles. The third-order valence-corrected chi connectivity index (χ3v) is 7.76. The third-order valence-electron chi connectivity index (χ3n) is 7.76. The lowest BCUT2D eigenvalue weighted by Gasteiger charge is -2.37. The Bertz CT molecular complexity index is 1430. The largest absolute Gasteiger partial charge is 0.368 e. The first-order valence-electron chi connectivity index (χ1n) is 14.5. The monoisotopic (exact) mass is 546 g/mol. The average Bonchev–Trinajstić information content (AvgIpc) is 3.05.